The maximum absolute atomic E-state index is 13.6. The third-order valence-corrected chi connectivity index (χ3v) is 7.51. The molecule has 5 rings (SSSR count). The van der Waals surface area contributed by atoms with Crippen molar-refractivity contribution >= 4 is 17.4 Å². The SMILES string of the molecule is COc1ccc(OC)c([C@@H]2C(=C(O)c3cnn(-c4ccccc4)c3C)C(=O)C(=O)N2CCCN2CCOCC2)c1. The molecule has 210 valence electrons. The lowest BCUT2D eigenvalue weighted by Crippen LogP contribution is -2.39. The number of para-hydroxylation sites is 1. The Morgan fingerprint density at radius 1 is 1.05 bits per heavy atom. The molecule has 2 saturated heterocycles. The van der Waals surface area contributed by atoms with Gasteiger partial charge < -0.3 is 24.2 Å². The summed E-state index contributed by atoms with van der Waals surface area (Å²) in [5.41, 5.74) is 2.38. The lowest BCUT2D eigenvalue weighted by Gasteiger charge is -2.29. The molecule has 2 aliphatic rings. The summed E-state index contributed by atoms with van der Waals surface area (Å²) in [5.74, 6) is -0.656. The van der Waals surface area contributed by atoms with E-state index in [0.29, 0.717) is 54.5 Å². The van der Waals surface area contributed by atoms with Gasteiger partial charge in [-0.25, -0.2) is 4.68 Å². The largest absolute Gasteiger partial charge is 0.507 e. The lowest BCUT2D eigenvalue weighted by atomic mass is 9.94. The molecule has 0 spiro atoms. The number of aromatic nitrogens is 2. The Balaban J connectivity index is 1.57. The highest BCUT2D eigenvalue weighted by Crippen LogP contribution is 2.44. The monoisotopic (exact) mass is 546 g/mol. The number of nitrogens with zero attached hydrogens (tertiary/aromatic N) is 4. The highest BCUT2D eigenvalue weighted by molar-refractivity contribution is 6.46. The van der Waals surface area contributed by atoms with Crippen LogP contribution in [-0.4, -0.2) is 90.0 Å². The van der Waals surface area contributed by atoms with Gasteiger partial charge in [-0.15, -0.1) is 0 Å². The first-order chi connectivity index (χ1) is 19.4. The van der Waals surface area contributed by atoms with Crippen LogP contribution in [0.3, 0.4) is 0 Å². The van der Waals surface area contributed by atoms with Gasteiger partial charge in [0, 0.05) is 31.7 Å². The predicted octanol–water partition coefficient (Wildman–Crippen LogP) is 3.34. The molecule has 2 fully saturated rings. The molecule has 2 aromatic carbocycles. The van der Waals surface area contributed by atoms with Crippen LogP contribution in [0.1, 0.15) is 29.3 Å². The molecular formula is C30H34N4O6. The zero-order valence-corrected chi connectivity index (χ0v) is 23.0. The Morgan fingerprint density at radius 2 is 1.80 bits per heavy atom. The van der Waals surface area contributed by atoms with Crippen LogP contribution in [0.15, 0.2) is 60.3 Å². The number of ether oxygens (including phenoxy) is 3. The van der Waals surface area contributed by atoms with Crippen molar-refractivity contribution in [1.82, 2.24) is 19.6 Å². The van der Waals surface area contributed by atoms with Crippen LogP contribution >= 0.6 is 0 Å². The van der Waals surface area contributed by atoms with Gasteiger partial charge in [0.1, 0.15) is 17.3 Å². The molecule has 2 aliphatic heterocycles. The number of rotatable bonds is 9. The molecule has 1 N–H and O–H groups in total. The fraction of sp³-hybridized carbons (Fsp3) is 0.367. The van der Waals surface area contributed by atoms with Gasteiger partial charge >= 0.3 is 0 Å². The molecule has 0 radical (unpaired) electrons. The van der Waals surface area contributed by atoms with E-state index in [1.54, 1.807) is 30.0 Å². The molecule has 0 saturated carbocycles. The molecule has 1 atom stereocenters. The van der Waals surface area contributed by atoms with Gasteiger partial charge in [-0.05, 0) is 43.7 Å². The Labute approximate surface area is 233 Å². The molecule has 1 amide bonds. The van der Waals surface area contributed by atoms with Crippen molar-refractivity contribution in [3.05, 3.63) is 77.1 Å². The van der Waals surface area contributed by atoms with Crippen molar-refractivity contribution in [3.63, 3.8) is 0 Å². The fourth-order valence-corrected chi connectivity index (χ4v) is 5.39. The number of methoxy groups -OCH3 is 2. The summed E-state index contributed by atoms with van der Waals surface area (Å²) < 4.78 is 18.2. The van der Waals surface area contributed by atoms with E-state index in [2.05, 4.69) is 10.00 Å². The van der Waals surface area contributed by atoms with Gasteiger partial charge in [-0.1, -0.05) is 18.2 Å². The van der Waals surface area contributed by atoms with Crippen molar-refractivity contribution in [2.75, 3.05) is 53.6 Å². The molecule has 0 bridgehead atoms. The molecule has 3 aromatic rings. The number of hydrogen-bond donors (Lipinski definition) is 1. The van der Waals surface area contributed by atoms with E-state index in [9.17, 15) is 14.7 Å². The van der Waals surface area contributed by atoms with Crippen LogP contribution < -0.4 is 9.47 Å². The van der Waals surface area contributed by atoms with E-state index in [1.165, 1.54) is 18.2 Å². The van der Waals surface area contributed by atoms with Gasteiger partial charge in [0.05, 0.1) is 62.2 Å². The number of aliphatic hydroxyl groups excluding tert-OH is 1. The van der Waals surface area contributed by atoms with E-state index in [4.69, 9.17) is 14.2 Å². The van der Waals surface area contributed by atoms with E-state index in [1.807, 2.05) is 37.3 Å². The number of ketones is 1. The van der Waals surface area contributed by atoms with Crippen molar-refractivity contribution in [2.45, 2.75) is 19.4 Å². The van der Waals surface area contributed by atoms with Crippen molar-refractivity contribution in [1.29, 1.82) is 0 Å². The smallest absolute Gasteiger partial charge is 0.295 e. The average Bonchev–Trinajstić information content (AvgIpc) is 3.50. The van der Waals surface area contributed by atoms with E-state index >= 15 is 0 Å². The second-order valence-electron chi connectivity index (χ2n) is 9.80. The van der Waals surface area contributed by atoms with E-state index < -0.39 is 17.7 Å². The van der Waals surface area contributed by atoms with Crippen LogP contribution in [0.4, 0.5) is 0 Å². The van der Waals surface area contributed by atoms with Crippen LogP contribution in [0.25, 0.3) is 11.4 Å². The highest BCUT2D eigenvalue weighted by Gasteiger charge is 2.47. The minimum atomic E-state index is -0.866. The van der Waals surface area contributed by atoms with Crippen LogP contribution in [-0.2, 0) is 14.3 Å². The van der Waals surface area contributed by atoms with Crippen LogP contribution in [0, 0.1) is 6.92 Å². The third kappa shape index (κ3) is 5.20. The zero-order chi connectivity index (χ0) is 28.2. The fourth-order valence-electron chi connectivity index (χ4n) is 5.39. The number of morpholine rings is 1. The Kier molecular flexibility index (Phi) is 8.18. The Bertz CT molecular complexity index is 1410. The number of Topliss-reactive ketones (excluding diaryl/α,β-unsaturated/α-hetero) is 1. The number of amides is 1. The summed E-state index contributed by atoms with van der Waals surface area (Å²) >= 11 is 0. The van der Waals surface area contributed by atoms with Gasteiger partial charge in [-0.2, -0.15) is 5.10 Å². The summed E-state index contributed by atoms with van der Waals surface area (Å²) in [6.45, 7) is 5.92. The number of aliphatic hydroxyl groups is 1. The molecular weight excluding hydrogens is 512 g/mol. The van der Waals surface area contributed by atoms with Gasteiger partial charge in [-0.3, -0.25) is 14.5 Å². The van der Waals surface area contributed by atoms with Crippen molar-refractivity contribution < 1.29 is 28.9 Å². The number of likely N-dealkylation sites (tertiary alicyclic amines) is 1. The van der Waals surface area contributed by atoms with Gasteiger partial charge in [0.2, 0.25) is 0 Å². The standard InChI is InChI=1S/C30H34N4O6/c1-20-24(19-31-34(20)21-8-5-4-6-9-21)28(35)26-27(23-18-22(38-2)10-11-25(23)39-3)33(30(37)29(26)36)13-7-12-32-14-16-40-17-15-32/h4-6,8-11,18-19,27,35H,7,12-17H2,1-3H3/t27-/m1/s1. The average molecular weight is 547 g/mol. The number of benzene rings is 2. The number of hydrogen-bond acceptors (Lipinski definition) is 8. The topological polar surface area (TPSA) is 106 Å². The summed E-state index contributed by atoms with van der Waals surface area (Å²) in [4.78, 5) is 30.9. The third-order valence-electron chi connectivity index (χ3n) is 7.51. The molecule has 0 unspecified atom stereocenters. The minimum absolute atomic E-state index is 0.00126. The highest BCUT2D eigenvalue weighted by atomic mass is 16.5. The minimum Gasteiger partial charge on any atom is -0.507 e. The van der Waals surface area contributed by atoms with Gasteiger partial charge in [0.15, 0.2) is 0 Å². The normalized spacial score (nSPS) is 19.3. The Hall–Kier alpha value is -4.15. The molecule has 0 aliphatic carbocycles. The summed E-state index contributed by atoms with van der Waals surface area (Å²) in [7, 11) is 3.08. The second kappa shape index (κ2) is 11.9. The number of carbonyl (C=O) groups excluding carboxylic acids is 2. The molecule has 10 nitrogen and oxygen atoms in total. The second-order valence-corrected chi connectivity index (χ2v) is 9.80. The van der Waals surface area contributed by atoms with Crippen LogP contribution in [0.2, 0.25) is 0 Å². The summed E-state index contributed by atoms with van der Waals surface area (Å²) in [6.07, 6.45) is 2.17. The van der Waals surface area contributed by atoms with Crippen LogP contribution in [0.5, 0.6) is 11.5 Å². The molecule has 10 heteroatoms. The van der Waals surface area contributed by atoms with Crippen molar-refractivity contribution in [3.8, 4) is 17.2 Å². The molecule has 40 heavy (non-hydrogen) atoms. The van der Waals surface area contributed by atoms with Gasteiger partial charge in [0.25, 0.3) is 11.7 Å². The number of carbonyl (C=O) groups is 2. The molecule has 3 heterocycles. The first-order valence-electron chi connectivity index (χ1n) is 13.4. The maximum atomic E-state index is 13.6. The first-order valence-corrected chi connectivity index (χ1v) is 13.4. The predicted molar refractivity (Wildman–Crippen MR) is 149 cm³/mol. The quantitative estimate of drug-likeness (QED) is 0.248. The lowest BCUT2D eigenvalue weighted by molar-refractivity contribution is -0.140. The van der Waals surface area contributed by atoms with Crippen molar-refractivity contribution in [2.24, 2.45) is 0 Å². The summed E-state index contributed by atoms with van der Waals surface area (Å²) in [5, 5.41) is 16.1. The maximum Gasteiger partial charge on any atom is 0.295 e. The molecule has 1 aromatic heterocycles. The summed E-state index contributed by atoms with van der Waals surface area (Å²) in [6, 6.07) is 13.9. The zero-order valence-electron chi connectivity index (χ0n) is 23.0. The van der Waals surface area contributed by atoms with E-state index in [-0.39, 0.29) is 11.3 Å². The first kappa shape index (κ1) is 27.4. The Morgan fingerprint density at radius 3 is 2.50 bits per heavy atom. The van der Waals surface area contributed by atoms with E-state index in [0.717, 1.165) is 25.3 Å².